The van der Waals surface area contributed by atoms with Crippen molar-refractivity contribution >= 4 is 35.0 Å². The molecule has 0 saturated carbocycles. The first kappa shape index (κ1) is 22.8. The molecule has 0 aromatic heterocycles. The van der Waals surface area contributed by atoms with Gasteiger partial charge in [-0.3, -0.25) is 9.59 Å². The predicted octanol–water partition coefficient (Wildman–Crippen LogP) is 3.93. The van der Waals surface area contributed by atoms with Gasteiger partial charge in [-0.1, -0.05) is 35.3 Å². The van der Waals surface area contributed by atoms with Crippen LogP contribution in [0.3, 0.4) is 0 Å². The fourth-order valence-corrected chi connectivity index (χ4v) is 3.11. The van der Waals surface area contributed by atoms with Crippen LogP contribution in [-0.2, 0) is 16.1 Å². The van der Waals surface area contributed by atoms with E-state index < -0.39 is 6.04 Å². The maximum Gasteiger partial charge on any atom is 0.261 e. The van der Waals surface area contributed by atoms with Crippen molar-refractivity contribution in [1.29, 1.82) is 0 Å². The second-order valence-electron chi connectivity index (χ2n) is 6.30. The van der Waals surface area contributed by atoms with E-state index in [4.69, 9.17) is 32.7 Å². The van der Waals surface area contributed by atoms with Crippen LogP contribution in [0.2, 0.25) is 10.0 Å². The third-order valence-electron chi connectivity index (χ3n) is 4.28. The van der Waals surface area contributed by atoms with E-state index in [-0.39, 0.29) is 25.0 Å². The molecule has 2 aromatic carbocycles. The van der Waals surface area contributed by atoms with Crippen LogP contribution in [0.5, 0.6) is 11.5 Å². The molecule has 0 fully saturated rings. The highest BCUT2D eigenvalue weighted by molar-refractivity contribution is 6.35. The van der Waals surface area contributed by atoms with E-state index in [9.17, 15) is 9.59 Å². The molecule has 1 atom stereocenters. The van der Waals surface area contributed by atoms with E-state index in [1.165, 1.54) is 11.0 Å². The van der Waals surface area contributed by atoms with Gasteiger partial charge in [0, 0.05) is 18.1 Å². The zero-order valence-electron chi connectivity index (χ0n) is 16.6. The molecule has 156 valence electrons. The van der Waals surface area contributed by atoms with E-state index in [2.05, 4.69) is 5.32 Å². The molecule has 8 heteroatoms. The van der Waals surface area contributed by atoms with Gasteiger partial charge >= 0.3 is 0 Å². The molecule has 29 heavy (non-hydrogen) atoms. The lowest BCUT2D eigenvalue weighted by atomic mass is 10.1. The van der Waals surface area contributed by atoms with E-state index in [1.54, 1.807) is 38.3 Å². The van der Waals surface area contributed by atoms with Crippen LogP contribution >= 0.6 is 23.2 Å². The number of hydrogen-bond acceptors (Lipinski definition) is 4. The number of hydrogen-bond donors (Lipinski definition) is 1. The third-order valence-corrected chi connectivity index (χ3v) is 4.81. The van der Waals surface area contributed by atoms with Gasteiger partial charge in [0.15, 0.2) is 6.61 Å². The number of nitrogens with one attached hydrogen (secondary N) is 1. The van der Waals surface area contributed by atoms with Gasteiger partial charge in [0.1, 0.15) is 17.5 Å². The van der Waals surface area contributed by atoms with Crippen LogP contribution in [0.1, 0.15) is 19.4 Å². The highest BCUT2D eigenvalue weighted by atomic mass is 35.5. The van der Waals surface area contributed by atoms with Crippen LogP contribution in [0.25, 0.3) is 0 Å². The zero-order chi connectivity index (χ0) is 21.4. The number of carbonyl (C=O) groups excluding carboxylic acids is 2. The molecule has 0 spiro atoms. The Balaban J connectivity index is 2.15. The Kier molecular flexibility index (Phi) is 8.61. The molecule has 2 aromatic rings. The molecule has 0 aliphatic carbocycles. The number of methoxy groups -OCH3 is 1. The number of carbonyl (C=O) groups is 2. The fourth-order valence-electron chi connectivity index (χ4n) is 2.65. The largest absolute Gasteiger partial charge is 0.497 e. The summed E-state index contributed by atoms with van der Waals surface area (Å²) in [5.41, 5.74) is 0.861. The first-order valence-corrected chi connectivity index (χ1v) is 9.89. The van der Waals surface area contributed by atoms with E-state index in [0.717, 1.165) is 5.56 Å². The molecular formula is C21H24Cl2N2O4. The Morgan fingerprint density at radius 3 is 2.41 bits per heavy atom. The summed E-state index contributed by atoms with van der Waals surface area (Å²) in [6, 6.07) is 11.4. The van der Waals surface area contributed by atoms with Crippen molar-refractivity contribution in [2.24, 2.45) is 0 Å². The molecule has 0 aliphatic heterocycles. The van der Waals surface area contributed by atoms with Crippen molar-refractivity contribution in [3.63, 3.8) is 0 Å². The summed E-state index contributed by atoms with van der Waals surface area (Å²) in [6.45, 7) is 3.97. The van der Waals surface area contributed by atoms with Crippen molar-refractivity contribution < 1.29 is 19.1 Å². The summed E-state index contributed by atoms with van der Waals surface area (Å²) in [4.78, 5) is 26.7. The fraction of sp³-hybridized carbons (Fsp3) is 0.333. The van der Waals surface area contributed by atoms with Crippen LogP contribution in [-0.4, -0.2) is 43.0 Å². The average Bonchev–Trinajstić information content (AvgIpc) is 2.71. The number of rotatable bonds is 9. The second kappa shape index (κ2) is 10.9. The van der Waals surface area contributed by atoms with Crippen LogP contribution in [0, 0.1) is 0 Å². The maximum absolute atomic E-state index is 12.9. The minimum atomic E-state index is -0.672. The van der Waals surface area contributed by atoms with Gasteiger partial charge < -0.3 is 19.7 Å². The SMILES string of the molecule is CCNC(=O)[C@H](C)N(Cc1ccc(OC)cc1)C(=O)COc1ccc(Cl)cc1Cl. The number of halogens is 2. The van der Waals surface area contributed by atoms with E-state index in [1.807, 2.05) is 19.1 Å². The normalized spacial score (nSPS) is 11.5. The first-order valence-electron chi connectivity index (χ1n) is 9.13. The van der Waals surface area contributed by atoms with Crippen molar-refractivity contribution in [2.45, 2.75) is 26.4 Å². The van der Waals surface area contributed by atoms with Crippen LogP contribution < -0.4 is 14.8 Å². The Labute approximate surface area is 180 Å². The quantitative estimate of drug-likeness (QED) is 0.643. The van der Waals surface area contributed by atoms with E-state index in [0.29, 0.717) is 28.1 Å². The second-order valence-corrected chi connectivity index (χ2v) is 7.15. The summed E-state index contributed by atoms with van der Waals surface area (Å²) >= 11 is 12.0. The Morgan fingerprint density at radius 2 is 1.83 bits per heavy atom. The lowest BCUT2D eigenvalue weighted by molar-refractivity contribution is -0.142. The highest BCUT2D eigenvalue weighted by Crippen LogP contribution is 2.27. The topological polar surface area (TPSA) is 67.9 Å². The summed E-state index contributed by atoms with van der Waals surface area (Å²) in [5.74, 6) is 0.480. The molecule has 1 N–H and O–H groups in total. The van der Waals surface area contributed by atoms with Crippen LogP contribution in [0.15, 0.2) is 42.5 Å². The highest BCUT2D eigenvalue weighted by Gasteiger charge is 2.26. The van der Waals surface area contributed by atoms with Gasteiger partial charge in [0.05, 0.1) is 12.1 Å². The number of amides is 2. The molecule has 0 saturated heterocycles. The molecule has 0 bridgehead atoms. The Morgan fingerprint density at radius 1 is 1.14 bits per heavy atom. The standard InChI is InChI=1S/C21H24Cl2N2O4/c1-4-24-21(27)14(2)25(12-15-5-8-17(28-3)9-6-15)20(26)13-29-19-10-7-16(22)11-18(19)23/h5-11,14H,4,12-13H2,1-3H3,(H,24,27)/t14-/m0/s1. The van der Waals surface area contributed by atoms with Crippen molar-refractivity contribution in [2.75, 3.05) is 20.3 Å². The molecule has 2 amide bonds. The molecule has 0 unspecified atom stereocenters. The molecule has 0 aliphatic rings. The number of nitrogens with zero attached hydrogens (tertiary/aromatic N) is 1. The predicted molar refractivity (Wildman–Crippen MR) is 114 cm³/mol. The van der Waals surface area contributed by atoms with Gasteiger partial charge in [-0.25, -0.2) is 0 Å². The zero-order valence-corrected chi connectivity index (χ0v) is 18.1. The monoisotopic (exact) mass is 438 g/mol. The summed E-state index contributed by atoms with van der Waals surface area (Å²) in [5, 5.41) is 3.53. The van der Waals surface area contributed by atoms with Crippen LogP contribution in [0.4, 0.5) is 0 Å². The van der Waals surface area contributed by atoms with Gasteiger partial charge in [0.25, 0.3) is 5.91 Å². The maximum atomic E-state index is 12.9. The van der Waals surface area contributed by atoms with E-state index >= 15 is 0 Å². The summed E-state index contributed by atoms with van der Waals surface area (Å²) in [7, 11) is 1.58. The lowest BCUT2D eigenvalue weighted by Crippen LogP contribution is -2.49. The molecule has 0 heterocycles. The summed E-state index contributed by atoms with van der Waals surface area (Å²) < 4.78 is 10.7. The minimum Gasteiger partial charge on any atom is -0.497 e. The molecular weight excluding hydrogens is 415 g/mol. The average molecular weight is 439 g/mol. The minimum absolute atomic E-state index is 0.237. The molecule has 2 rings (SSSR count). The van der Waals surface area contributed by atoms with Crippen molar-refractivity contribution in [3.8, 4) is 11.5 Å². The third kappa shape index (κ3) is 6.54. The summed E-state index contributed by atoms with van der Waals surface area (Å²) in [6.07, 6.45) is 0. The first-order chi connectivity index (χ1) is 13.8. The lowest BCUT2D eigenvalue weighted by Gasteiger charge is -2.28. The number of ether oxygens (including phenoxy) is 2. The van der Waals surface area contributed by atoms with Gasteiger partial charge in [-0.15, -0.1) is 0 Å². The van der Waals surface area contributed by atoms with Gasteiger partial charge in [0.2, 0.25) is 5.91 Å². The van der Waals surface area contributed by atoms with Crippen molar-refractivity contribution in [3.05, 3.63) is 58.1 Å². The van der Waals surface area contributed by atoms with Gasteiger partial charge in [-0.05, 0) is 49.7 Å². The van der Waals surface area contributed by atoms with Crippen molar-refractivity contribution in [1.82, 2.24) is 10.2 Å². The smallest absolute Gasteiger partial charge is 0.261 e. The number of likely N-dealkylation sites (N-methyl/N-ethyl adjacent to an activating group) is 1. The Hall–Kier alpha value is -2.44. The van der Waals surface area contributed by atoms with Gasteiger partial charge in [-0.2, -0.15) is 0 Å². The Bertz CT molecular complexity index is 843. The molecule has 6 nitrogen and oxygen atoms in total. The molecule has 0 radical (unpaired) electrons. The number of benzene rings is 2.